The molecule has 0 unspecified atom stereocenters. The second-order valence-electron chi connectivity index (χ2n) is 6.64. The number of hydrogen-bond acceptors (Lipinski definition) is 3. The number of benzene rings is 1. The van der Waals surface area contributed by atoms with E-state index >= 15 is 0 Å². The molecule has 136 valence electrons. The summed E-state index contributed by atoms with van der Waals surface area (Å²) >= 11 is 0. The molecule has 1 N–H and O–H groups in total. The van der Waals surface area contributed by atoms with Crippen LogP contribution in [0.4, 0.5) is 5.69 Å². The molecule has 0 aliphatic rings. The summed E-state index contributed by atoms with van der Waals surface area (Å²) in [6.07, 6.45) is 9.72. The fourth-order valence-corrected chi connectivity index (χ4v) is 2.92. The molecule has 2 aromatic rings. The lowest BCUT2D eigenvalue weighted by molar-refractivity contribution is -0.115. The van der Waals surface area contributed by atoms with Gasteiger partial charge in [-0.05, 0) is 43.9 Å². The largest absolute Gasteiger partial charge is 0.326 e. The zero-order chi connectivity index (χ0) is 18.1. The van der Waals surface area contributed by atoms with Crippen LogP contribution in [0.1, 0.15) is 77.1 Å². The van der Waals surface area contributed by atoms with Gasteiger partial charge in [0.2, 0.25) is 5.91 Å². The summed E-state index contributed by atoms with van der Waals surface area (Å²) in [6, 6.07) is 5.82. The van der Waals surface area contributed by atoms with Crippen molar-refractivity contribution in [3.8, 4) is 0 Å². The number of nitrogens with one attached hydrogen (secondary N) is 1. The molecular weight excluding hydrogens is 310 g/mol. The zero-order valence-corrected chi connectivity index (χ0v) is 15.9. The molecule has 0 aliphatic heterocycles. The van der Waals surface area contributed by atoms with E-state index in [1.54, 1.807) is 0 Å². The lowest BCUT2D eigenvalue weighted by Crippen LogP contribution is -2.09. The maximum absolute atomic E-state index is 11.6. The van der Waals surface area contributed by atoms with E-state index in [-0.39, 0.29) is 5.91 Å². The predicted molar refractivity (Wildman–Crippen MR) is 105 cm³/mol. The van der Waals surface area contributed by atoms with Crippen molar-refractivity contribution in [3.05, 3.63) is 29.6 Å². The number of hydrogen-bond donors (Lipinski definition) is 1. The van der Waals surface area contributed by atoms with Crippen molar-refractivity contribution in [2.24, 2.45) is 0 Å². The molecule has 1 heterocycles. The van der Waals surface area contributed by atoms with Gasteiger partial charge in [-0.25, -0.2) is 9.97 Å². The van der Waals surface area contributed by atoms with Crippen LogP contribution < -0.4 is 5.32 Å². The first-order valence-corrected chi connectivity index (χ1v) is 9.77. The summed E-state index contributed by atoms with van der Waals surface area (Å²) in [5, 5.41) is 2.90. The molecule has 0 spiro atoms. The topological polar surface area (TPSA) is 54.9 Å². The van der Waals surface area contributed by atoms with E-state index in [2.05, 4.69) is 19.2 Å². The van der Waals surface area contributed by atoms with E-state index in [4.69, 9.17) is 9.97 Å². The zero-order valence-electron chi connectivity index (χ0n) is 15.9. The number of aromatic nitrogens is 2. The standard InChI is InChI=1S/C21H31N3O/c1-4-7-9-10-12-18-17(11-8-5-2)24-20-15-16(22-21(25)6-3)13-14-19(20)23-18/h13-15H,4-12H2,1-3H3,(H,22,25). The van der Waals surface area contributed by atoms with Gasteiger partial charge in [0.1, 0.15) is 0 Å². The Bertz CT molecular complexity index is 697. The highest BCUT2D eigenvalue weighted by Crippen LogP contribution is 2.21. The number of amides is 1. The van der Waals surface area contributed by atoms with Crippen LogP contribution in [-0.2, 0) is 17.6 Å². The summed E-state index contributed by atoms with van der Waals surface area (Å²) < 4.78 is 0. The Morgan fingerprint density at radius 3 is 2.24 bits per heavy atom. The van der Waals surface area contributed by atoms with Crippen LogP contribution in [0.15, 0.2) is 18.2 Å². The highest BCUT2D eigenvalue weighted by molar-refractivity contribution is 5.92. The van der Waals surface area contributed by atoms with Crippen LogP contribution in [0.3, 0.4) is 0 Å². The van der Waals surface area contributed by atoms with Crippen LogP contribution in [0.5, 0.6) is 0 Å². The number of nitrogens with zero attached hydrogens (tertiary/aromatic N) is 2. The fourth-order valence-electron chi connectivity index (χ4n) is 2.92. The minimum Gasteiger partial charge on any atom is -0.326 e. The first-order chi connectivity index (χ1) is 12.2. The van der Waals surface area contributed by atoms with Crippen LogP contribution in [0.2, 0.25) is 0 Å². The SMILES string of the molecule is CCCCCCc1nc2ccc(NC(=O)CC)cc2nc1CCCC. The third-order valence-corrected chi connectivity index (χ3v) is 4.46. The minimum atomic E-state index is 0.0195. The average Bonchev–Trinajstić information content (AvgIpc) is 2.63. The number of carbonyl (C=O) groups is 1. The van der Waals surface area contributed by atoms with Gasteiger partial charge in [-0.2, -0.15) is 0 Å². The molecule has 1 aromatic carbocycles. The molecule has 4 nitrogen and oxygen atoms in total. The summed E-state index contributed by atoms with van der Waals surface area (Å²) in [6.45, 7) is 6.29. The fraction of sp³-hybridized carbons (Fsp3) is 0.571. The molecule has 0 saturated carbocycles. The molecule has 0 aliphatic carbocycles. The van der Waals surface area contributed by atoms with Gasteiger partial charge in [-0.15, -0.1) is 0 Å². The number of fused-ring (bicyclic) bond motifs is 1. The van der Waals surface area contributed by atoms with Gasteiger partial charge < -0.3 is 5.32 Å². The second-order valence-corrected chi connectivity index (χ2v) is 6.64. The van der Waals surface area contributed by atoms with E-state index in [1.165, 1.54) is 25.7 Å². The Hall–Kier alpha value is -1.97. The molecule has 2 rings (SSSR count). The van der Waals surface area contributed by atoms with Gasteiger partial charge in [0, 0.05) is 12.1 Å². The number of anilines is 1. The van der Waals surface area contributed by atoms with Crippen molar-refractivity contribution >= 4 is 22.6 Å². The van der Waals surface area contributed by atoms with E-state index in [1.807, 2.05) is 25.1 Å². The Morgan fingerprint density at radius 2 is 1.56 bits per heavy atom. The number of rotatable bonds is 10. The smallest absolute Gasteiger partial charge is 0.224 e. The quantitative estimate of drug-likeness (QED) is 0.585. The Balaban J connectivity index is 2.26. The highest BCUT2D eigenvalue weighted by atomic mass is 16.1. The van der Waals surface area contributed by atoms with E-state index in [0.29, 0.717) is 6.42 Å². The monoisotopic (exact) mass is 341 g/mol. The lowest BCUT2D eigenvalue weighted by Gasteiger charge is -2.11. The van der Waals surface area contributed by atoms with E-state index in [0.717, 1.165) is 53.8 Å². The molecule has 0 atom stereocenters. The molecule has 1 aromatic heterocycles. The van der Waals surface area contributed by atoms with E-state index in [9.17, 15) is 4.79 Å². The number of aryl methyl sites for hydroxylation is 2. The summed E-state index contributed by atoms with van der Waals surface area (Å²) in [5.41, 5.74) is 4.87. The molecule has 0 radical (unpaired) electrons. The van der Waals surface area contributed by atoms with Crippen molar-refractivity contribution in [1.82, 2.24) is 9.97 Å². The Kier molecular flexibility index (Phi) is 7.83. The van der Waals surface area contributed by atoms with Gasteiger partial charge in [-0.1, -0.05) is 46.5 Å². The minimum absolute atomic E-state index is 0.0195. The van der Waals surface area contributed by atoms with E-state index < -0.39 is 0 Å². The maximum atomic E-state index is 11.6. The van der Waals surface area contributed by atoms with Crippen molar-refractivity contribution in [3.63, 3.8) is 0 Å². The molecule has 1 amide bonds. The Labute approximate surface area is 151 Å². The Morgan fingerprint density at radius 1 is 0.880 bits per heavy atom. The second kappa shape index (κ2) is 10.1. The molecule has 0 saturated heterocycles. The van der Waals surface area contributed by atoms with Crippen molar-refractivity contribution < 1.29 is 4.79 Å². The summed E-state index contributed by atoms with van der Waals surface area (Å²) in [7, 11) is 0. The van der Waals surface area contributed by atoms with Crippen LogP contribution >= 0.6 is 0 Å². The molecule has 4 heteroatoms. The highest BCUT2D eigenvalue weighted by Gasteiger charge is 2.10. The maximum Gasteiger partial charge on any atom is 0.224 e. The van der Waals surface area contributed by atoms with Crippen LogP contribution in [-0.4, -0.2) is 15.9 Å². The lowest BCUT2D eigenvalue weighted by atomic mass is 10.1. The molecule has 25 heavy (non-hydrogen) atoms. The molecule has 0 fully saturated rings. The van der Waals surface area contributed by atoms with Gasteiger partial charge in [0.15, 0.2) is 0 Å². The summed E-state index contributed by atoms with van der Waals surface area (Å²) in [4.78, 5) is 21.4. The number of carbonyl (C=O) groups excluding carboxylic acids is 1. The summed E-state index contributed by atoms with van der Waals surface area (Å²) in [5.74, 6) is 0.0195. The first-order valence-electron chi connectivity index (χ1n) is 9.77. The van der Waals surface area contributed by atoms with Crippen LogP contribution in [0, 0.1) is 0 Å². The van der Waals surface area contributed by atoms with Crippen molar-refractivity contribution in [1.29, 1.82) is 0 Å². The third-order valence-electron chi connectivity index (χ3n) is 4.46. The third kappa shape index (κ3) is 5.80. The number of unbranched alkanes of at least 4 members (excludes halogenated alkanes) is 4. The average molecular weight is 341 g/mol. The predicted octanol–water partition coefficient (Wildman–Crippen LogP) is 5.44. The molecular formula is C21H31N3O. The van der Waals surface area contributed by atoms with Gasteiger partial charge in [0.25, 0.3) is 0 Å². The normalized spacial score (nSPS) is 11.0. The van der Waals surface area contributed by atoms with Crippen LogP contribution in [0.25, 0.3) is 11.0 Å². The van der Waals surface area contributed by atoms with Gasteiger partial charge in [0.05, 0.1) is 22.4 Å². The van der Waals surface area contributed by atoms with Gasteiger partial charge in [-0.3, -0.25) is 4.79 Å². The van der Waals surface area contributed by atoms with Gasteiger partial charge >= 0.3 is 0 Å². The first kappa shape index (κ1) is 19.4. The van der Waals surface area contributed by atoms with Crippen molar-refractivity contribution in [2.45, 2.75) is 78.6 Å². The molecule has 0 bridgehead atoms. The van der Waals surface area contributed by atoms with Crippen molar-refractivity contribution in [2.75, 3.05) is 5.32 Å².